The Labute approximate surface area is 130 Å². The fourth-order valence-corrected chi connectivity index (χ4v) is 2.63. The van der Waals surface area contributed by atoms with Gasteiger partial charge in [-0.25, -0.2) is 0 Å². The molecule has 1 N–H and O–H groups in total. The van der Waals surface area contributed by atoms with Crippen LogP contribution in [0.15, 0.2) is 41.1 Å². The van der Waals surface area contributed by atoms with Gasteiger partial charge in [0, 0.05) is 12.2 Å². The van der Waals surface area contributed by atoms with Gasteiger partial charge in [-0.3, -0.25) is 9.69 Å². The third-order valence-corrected chi connectivity index (χ3v) is 3.65. The molecule has 0 saturated carbocycles. The number of thiophene rings is 1. The van der Waals surface area contributed by atoms with Gasteiger partial charge in [-0.2, -0.15) is 24.5 Å². The number of likely N-dealkylation sites (N-methyl/N-ethyl adjacent to an activating group) is 1. The normalized spacial score (nSPS) is 11.7. The predicted octanol–water partition coefficient (Wildman–Crippen LogP) is 3.84. The first-order valence-electron chi connectivity index (χ1n) is 6.51. The number of hydrogen-bond donors (Lipinski definition) is 1. The average molecular weight is 328 g/mol. The zero-order valence-electron chi connectivity index (χ0n) is 11.9. The van der Waals surface area contributed by atoms with Crippen molar-refractivity contribution in [3.8, 4) is 0 Å². The number of carbonyl (C=O) groups is 1. The molecule has 1 aromatic carbocycles. The van der Waals surface area contributed by atoms with Crippen LogP contribution in [0.4, 0.5) is 18.9 Å². The van der Waals surface area contributed by atoms with E-state index in [1.807, 2.05) is 16.8 Å². The van der Waals surface area contributed by atoms with Crippen molar-refractivity contribution >= 4 is 22.9 Å². The summed E-state index contributed by atoms with van der Waals surface area (Å²) in [6.07, 6.45) is -4.42. The number of amides is 1. The number of hydrogen-bond acceptors (Lipinski definition) is 3. The number of benzene rings is 1. The van der Waals surface area contributed by atoms with E-state index in [1.54, 1.807) is 23.3 Å². The van der Waals surface area contributed by atoms with Gasteiger partial charge in [0.1, 0.15) is 0 Å². The summed E-state index contributed by atoms with van der Waals surface area (Å²) in [6.45, 7) is 0.714. The Kier molecular flexibility index (Phi) is 5.20. The molecule has 0 atom stereocenters. The Morgan fingerprint density at radius 1 is 1.32 bits per heavy atom. The van der Waals surface area contributed by atoms with Crippen molar-refractivity contribution in [2.45, 2.75) is 12.7 Å². The summed E-state index contributed by atoms with van der Waals surface area (Å²) >= 11 is 1.57. The molecule has 1 aromatic heterocycles. The van der Waals surface area contributed by atoms with Gasteiger partial charge < -0.3 is 5.32 Å². The van der Waals surface area contributed by atoms with E-state index in [2.05, 4.69) is 5.32 Å². The molecule has 0 fully saturated rings. The van der Waals surface area contributed by atoms with Crippen LogP contribution in [0.5, 0.6) is 0 Å². The van der Waals surface area contributed by atoms with Gasteiger partial charge in [0.25, 0.3) is 0 Å². The smallest absolute Gasteiger partial charge is 0.325 e. The van der Waals surface area contributed by atoms with E-state index in [0.717, 1.165) is 17.7 Å². The summed E-state index contributed by atoms with van der Waals surface area (Å²) in [7, 11) is 1.78. The van der Waals surface area contributed by atoms with E-state index in [1.165, 1.54) is 12.1 Å². The van der Waals surface area contributed by atoms with Crippen LogP contribution in [0.1, 0.15) is 11.1 Å². The lowest BCUT2D eigenvalue weighted by atomic mass is 10.2. The number of rotatable bonds is 5. The Morgan fingerprint density at radius 2 is 2.09 bits per heavy atom. The van der Waals surface area contributed by atoms with Gasteiger partial charge in [-0.1, -0.05) is 6.07 Å². The van der Waals surface area contributed by atoms with Crippen LogP contribution in [0, 0.1) is 0 Å². The van der Waals surface area contributed by atoms with Crippen molar-refractivity contribution < 1.29 is 18.0 Å². The van der Waals surface area contributed by atoms with E-state index in [4.69, 9.17) is 0 Å². The van der Waals surface area contributed by atoms with E-state index in [0.29, 0.717) is 6.54 Å². The fourth-order valence-electron chi connectivity index (χ4n) is 1.97. The molecule has 3 nitrogen and oxygen atoms in total. The first-order valence-corrected chi connectivity index (χ1v) is 7.45. The molecular formula is C15H15F3N2OS. The van der Waals surface area contributed by atoms with Gasteiger partial charge in [-0.15, -0.1) is 0 Å². The second-order valence-corrected chi connectivity index (χ2v) is 5.71. The molecule has 2 aromatic rings. The molecule has 0 saturated heterocycles. The lowest BCUT2D eigenvalue weighted by Gasteiger charge is -2.16. The maximum Gasteiger partial charge on any atom is 0.416 e. The Balaban J connectivity index is 1.91. The molecular weight excluding hydrogens is 313 g/mol. The average Bonchev–Trinajstić information content (AvgIpc) is 2.90. The quantitative estimate of drug-likeness (QED) is 0.904. The molecule has 22 heavy (non-hydrogen) atoms. The monoisotopic (exact) mass is 328 g/mol. The molecule has 0 spiro atoms. The highest BCUT2D eigenvalue weighted by atomic mass is 32.1. The van der Waals surface area contributed by atoms with Gasteiger partial charge in [0.05, 0.1) is 12.1 Å². The maximum atomic E-state index is 12.6. The number of nitrogens with one attached hydrogen (secondary N) is 1. The number of carbonyl (C=O) groups excluding carboxylic acids is 1. The van der Waals surface area contributed by atoms with Crippen molar-refractivity contribution in [1.29, 1.82) is 0 Å². The highest BCUT2D eigenvalue weighted by molar-refractivity contribution is 7.07. The first-order chi connectivity index (χ1) is 10.3. The Morgan fingerprint density at radius 3 is 2.73 bits per heavy atom. The van der Waals surface area contributed by atoms with Crippen molar-refractivity contribution in [3.05, 3.63) is 52.2 Å². The zero-order valence-corrected chi connectivity index (χ0v) is 12.7. The minimum absolute atomic E-state index is 0.103. The summed E-state index contributed by atoms with van der Waals surface area (Å²) in [5.74, 6) is -0.350. The van der Waals surface area contributed by atoms with Crippen molar-refractivity contribution in [2.75, 3.05) is 18.9 Å². The SMILES string of the molecule is CN(CC(=O)Nc1cccc(C(F)(F)F)c1)Cc1ccsc1. The fraction of sp³-hybridized carbons (Fsp3) is 0.267. The molecule has 7 heteroatoms. The van der Waals surface area contributed by atoms with E-state index in [9.17, 15) is 18.0 Å². The first kappa shape index (κ1) is 16.5. The molecule has 2 rings (SSSR count). The van der Waals surface area contributed by atoms with Crippen LogP contribution < -0.4 is 5.32 Å². The van der Waals surface area contributed by atoms with Crippen LogP contribution in [-0.2, 0) is 17.5 Å². The van der Waals surface area contributed by atoms with Gasteiger partial charge in [-0.05, 0) is 47.6 Å². The largest absolute Gasteiger partial charge is 0.416 e. The molecule has 0 aliphatic carbocycles. The summed E-state index contributed by atoms with van der Waals surface area (Å²) in [5, 5.41) is 6.42. The van der Waals surface area contributed by atoms with Crippen LogP contribution in [0.25, 0.3) is 0 Å². The summed E-state index contributed by atoms with van der Waals surface area (Å²) in [5.41, 5.74) is 0.458. The minimum atomic E-state index is -4.42. The van der Waals surface area contributed by atoms with Crippen molar-refractivity contribution in [2.24, 2.45) is 0 Å². The minimum Gasteiger partial charge on any atom is -0.325 e. The van der Waals surface area contributed by atoms with Gasteiger partial charge in [0.2, 0.25) is 5.91 Å². The van der Waals surface area contributed by atoms with Crippen molar-refractivity contribution in [3.63, 3.8) is 0 Å². The van der Waals surface area contributed by atoms with Crippen molar-refractivity contribution in [1.82, 2.24) is 4.90 Å². The molecule has 0 radical (unpaired) electrons. The van der Waals surface area contributed by atoms with Crippen LogP contribution in [-0.4, -0.2) is 24.4 Å². The van der Waals surface area contributed by atoms with Gasteiger partial charge in [0.15, 0.2) is 0 Å². The second-order valence-electron chi connectivity index (χ2n) is 4.93. The lowest BCUT2D eigenvalue weighted by molar-refractivity contribution is -0.137. The molecule has 0 bridgehead atoms. The molecule has 0 aliphatic rings. The zero-order chi connectivity index (χ0) is 16.2. The topological polar surface area (TPSA) is 32.3 Å². The molecule has 118 valence electrons. The summed E-state index contributed by atoms with van der Waals surface area (Å²) in [4.78, 5) is 13.7. The Bertz CT molecular complexity index is 626. The highest BCUT2D eigenvalue weighted by Crippen LogP contribution is 2.30. The summed E-state index contributed by atoms with van der Waals surface area (Å²) in [6, 6.07) is 6.57. The van der Waals surface area contributed by atoms with Gasteiger partial charge >= 0.3 is 6.18 Å². The highest BCUT2D eigenvalue weighted by Gasteiger charge is 2.30. The van der Waals surface area contributed by atoms with E-state index in [-0.39, 0.29) is 18.1 Å². The van der Waals surface area contributed by atoms with Crippen LogP contribution in [0.2, 0.25) is 0 Å². The summed E-state index contributed by atoms with van der Waals surface area (Å²) < 4.78 is 37.8. The number of halogens is 3. The van der Waals surface area contributed by atoms with Crippen LogP contribution >= 0.6 is 11.3 Å². The molecule has 0 aliphatic heterocycles. The third-order valence-electron chi connectivity index (χ3n) is 2.92. The van der Waals surface area contributed by atoms with E-state index >= 15 is 0 Å². The van der Waals surface area contributed by atoms with E-state index < -0.39 is 11.7 Å². The van der Waals surface area contributed by atoms with Crippen LogP contribution in [0.3, 0.4) is 0 Å². The third kappa shape index (κ3) is 4.85. The molecule has 1 amide bonds. The standard InChI is InChI=1S/C15H15F3N2OS/c1-20(8-11-5-6-22-10-11)9-14(21)19-13-4-2-3-12(7-13)15(16,17)18/h2-7,10H,8-9H2,1H3,(H,19,21). The molecule has 1 heterocycles. The second kappa shape index (κ2) is 6.93. The Hall–Kier alpha value is -1.86. The number of anilines is 1. The number of nitrogens with zero attached hydrogens (tertiary/aromatic N) is 1. The molecule has 0 unspecified atom stereocenters. The number of alkyl halides is 3. The maximum absolute atomic E-state index is 12.6. The lowest BCUT2D eigenvalue weighted by Crippen LogP contribution is -2.29. The predicted molar refractivity (Wildman–Crippen MR) is 80.7 cm³/mol.